The van der Waals surface area contributed by atoms with Crippen LogP contribution in [0.4, 0.5) is 0 Å². The molecule has 0 heterocycles. The van der Waals surface area contributed by atoms with Crippen molar-refractivity contribution in [1.82, 2.24) is 0 Å². The molecule has 0 aromatic carbocycles. The second-order valence-electron chi connectivity index (χ2n) is 6.03. The molecule has 0 radical (unpaired) electrons. The highest BCUT2D eigenvalue weighted by Gasteiger charge is 2.05. The van der Waals surface area contributed by atoms with E-state index in [2.05, 4.69) is 55.4 Å². The van der Waals surface area contributed by atoms with Crippen molar-refractivity contribution in [3.05, 3.63) is 0 Å². The number of hydrogen-bond donors (Lipinski definition) is 0. The average molecular weight is 242 g/mol. The Hall–Kier alpha value is 0. The molecule has 0 rings (SSSR count). The molecule has 0 N–H and O–H groups in total. The second-order valence-corrected chi connectivity index (χ2v) is 6.03. The first kappa shape index (κ1) is 19.3. The van der Waals surface area contributed by atoms with Gasteiger partial charge in [0.2, 0.25) is 0 Å². The Balaban J connectivity index is 0. The summed E-state index contributed by atoms with van der Waals surface area (Å²) in [4.78, 5) is 0. The van der Waals surface area contributed by atoms with Crippen LogP contribution in [0.25, 0.3) is 0 Å². The van der Waals surface area contributed by atoms with Gasteiger partial charge in [-0.05, 0) is 30.1 Å². The van der Waals surface area contributed by atoms with Crippen molar-refractivity contribution < 1.29 is 0 Å². The van der Waals surface area contributed by atoms with Crippen LogP contribution in [0.3, 0.4) is 0 Å². The molecule has 4 unspecified atom stereocenters. The fourth-order valence-electron chi connectivity index (χ4n) is 1.82. The summed E-state index contributed by atoms with van der Waals surface area (Å²) in [7, 11) is 0. The topological polar surface area (TPSA) is 0 Å². The molecule has 0 aliphatic heterocycles. The van der Waals surface area contributed by atoms with Crippen LogP contribution >= 0.6 is 0 Å². The quantitative estimate of drug-likeness (QED) is 0.475. The summed E-state index contributed by atoms with van der Waals surface area (Å²) in [5.74, 6) is 3.69. The van der Waals surface area contributed by atoms with E-state index in [-0.39, 0.29) is 0 Å². The van der Waals surface area contributed by atoms with Crippen molar-refractivity contribution >= 4 is 0 Å². The zero-order valence-electron chi connectivity index (χ0n) is 13.8. The molecule has 0 heteroatoms. The molecule has 0 saturated carbocycles. The molecule has 0 aromatic heterocycles. The van der Waals surface area contributed by atoms with Crippen molar-refractivity contribution in [1.29, 1.82) is 0 Å². The van der Waals surface area contributed by atoms with Gasteiger partial charge in [-0.15, -0.1) is 0 Å². The monoisotopic (exact) mass is 242 g/mol. The maximum absolute atomic E-state index is 2.34. The van der Waals surface area contributed by atoms with E-state index in [9.17, 15) is 0 Å². The van der Waals surface area contributed by atoms with Gasteiger partial charge in [-0.2, -0.15) is 0 Å². The highest BCUT2D eigenvalue weighted by Crippen LogP contribution is 2.17. The molecule has 0 spiro atoms. The molecule has 0 fully saturated rings. The third-order valence-corrected chi connectivity index (χ3v) is 4.46. The van der Waals surface area contributed by atoms with Gasteiger partial charge in [-0.1, -0.05) is 81.1 Å². The summed E-state index contributed by atoms with van der Waals surface area (Å²) in [6, 6.07) is 0. The minimum Gasteiger partial charge on any atom is -0.0651 e. The van der Waals surface area contributed by atoms with Gasteiger partial charge < -0.3 is 0 Å². The lowest BCUT2D eigenvalue weighted by atomic mass is 9.92. The van der Waals surface area contributed by atoms with Crippen LogP contribution in [-0.4, -0.2) is 0 Å². The molecule has 0 amide bonds. The average Bonchev–Trinajstić information content (AvgIpc) is 2.36. The van der Waals surface area contributed by atoms with Gasteiger partial charge in [0, 0.05) is 0 Å². The maximum Gasteiger partial charge on any atom is -0.0420 e. The normalized spacial score (nSPS) is 17.6. The Kier molecular flexibility index (Phi) is 14.2. The predicted molar refractivity (Wildman–Crippen MR) is 82.4 cm³/mol. The number of hydrogen-bond acceptors (Lipinski definition) is 0. The zero-order chi connectivity index (χ0) is 13.8. The van der Waals surface area contributed by atoms with E-state index in [0.717, 1.165) is 23.7 Å². The van der Waals surface area contributed by atoms with Crippen LogP contribution in [0.15, 0.2) is 0 Å². The Morgan fingerprint density at radius 2 is 0.824 bits per heavy atom. The van der Waals surface area contributed by atoms with Gasteiger partial charge >= 0.3 is 0 Å². The first-order chi connectivity index (χ1) is 7.92. The van der Waals surface area contributed by atoms with Gasteiger partial charge in [-0.25, -0.2) is 0 Å². The van der Waals surface area contributed by atoms with Crippen LogP contribution in [-0.2, 0) is 0 Å². The molecule has 0 aromatic rings. The summed E-state index contributed by atoms with van der Waals surface area (Å²) in [6.07, 6.45) is 6.74. The van der Waals surface area contributed by atoms with E-state index < -0.39 is 0 Å². The van der Waals surface area contributed by atoms with E-state index in [4.69, 9.17) is 0 Å². The summed E-state index contributed by atoms with van der Waals surface area (Å²) in [6.45, 7) is 18.4. The minimum atomic E-state index is 0.917. The highest BCUT2D eigenvalue weighted by atomic mass is 14.1. The Morgan fingerprint density at radius 3 is 1.00 bits per heavy atom. The van der Waals surface area contributed by atoms with Crippen molar-refractivity contribution in [2.24, 2.45) is 23.7 Å². The Labute approximate surface area is 112 Å². The summed E-state index contributed by atoms with van der Waals surface area (Å²) >= 11 is 0. The van der Waals surface area contributed by atoms with E-state index in [0.29, 0.717) is 0 Å². The van der Waals surface area contributed by atoms with Crippen molar-refractivity contribution in [3.63, 3.8) is 0 Å². The van der Waals surface area contributed by atoms with Crippen LogP contribution < -0.4 is 0 Å². The Bertz CT molecular complexity index is 123. The van der Waals surface area contributed by atoms with Gasteiger partial charge in [-0.3, -0.25) is 0 Å². The van der Waals surface area contributed by atoms with Crippen molar-refractivity contribution in [2.75, 3.05) is 0 Å². The van der Waals surface area contributed by atoms with Gasteiger partial charge in [0.1, 0.15) is 0 Å². The number of rotatable bonds is 7. The second kappa shape index (κ2) is 12.5. The molecule has 0 aliphatic rings. The fraction of sp³-hybridized carbons (Fsp3) is 1.00. The molecule has 0 aliphatic carbocycles. The lowest BCUT2D eigenvalue weighted by Gasteiger charge is -2.14. The molecular weight excluding hydrogens is 204 g/mol. The van der Waals surface area contributed by atoms with Gasteiger partial charge in [0.15, 0.2) is 0 Å². The van der Waals surface area contributed by atoms with Crippen LogP contribution in [0.5, 0.6) is 0 Å². The summed E-state index contributed by atoms with van der Waals surface area (Å²) in [5.41, 5.74) is 0. The van der Waals surface area contributed by atoms with Crippen molar-refractivity contribution in [2.45, 2.75) is 87.5 Å². The van der Waals surface area contributed by atoms with Crippen LogP contribution in [0.2, 0.25) is 0 Å². The zero-order valence-corrected chi connectivity index (χ0v) is 13.8. The SMILES string of the molecule is CCC(C)C(C)CC.CCC(C)CC(C)CC. The third kappa shape index (κ3) is 12.2. The van der Waals surface area contributed by atoms with Crippen molar-refractivity contribution in [3.8, 4) is 0 Å². The molecule has 0 bridgehead atoms. The third-order valence-electron chi connectivity index (χ3n) is 4.46. The summed E-state index contributed by atoms with van der Waals surface area (Å²) in [5, 5.41) is 0. The largest absolute Gasteiger partial charge is 0.0651 e. The smallest absolute Gasteiger partial charge is 0.0420 e. The van der Waals surface area contributed by atoms with E-state index in [1.807, 2.05) is 0 Å². The minimum absolute atomic E-state index is 0.917. The lowest BCUT2D eigenvalue weighted by Crippen LogP contribution is -2.04. The molecular formula is C17H38. The Morgan fingerprint density at radius 1 is 0.529 bits per heavy atom. The van der Waals surface area contributed by atoms with E-state index >= 15 is 0 Å². The van der Waals surface area contributed by atoms with E-state index in [1.165, 1.54) is 32.1 Å². The van der Waals surface area contributed by atoms with Gasteiger partial charge in [0.05, 0.1) is 0 Å². The molecule has 17 heavy (non-hydrogen) atoms. The fourth-order valence-corrected chi connectivity index (χ4v) is 1.82. The highest BCUT2D eigenvalue weighted by molar-refractivity contribution is 4.56. The molecule has 106 valence electrons. The standard InChI is InChI=1S/C9H20.C8H18/c1-5-8(3)7-9(4)6-2;1-5-7(3)8(4)6-2/h8-9H,5-7H2,1-4H3;7-8H,5-6H2,1-4H3. The predicted octanol–water partition coefficient (Wildman–Crippen LogP) is 6.55. The van der Waals surface area contributed by atoms with Crippen LogP contribution in [0, 0.1) is 23.7 Å². The molecule has 4 atom stereocenters. The molecule has 0 nitrogen and oxygen atoms in total. The van der Waals surface area contributed by atoms with Crippen LogP contribution in [0.1, 0.15) is 87.5 Å². The van der Waals surface area contributed by atoms with E-state index in [1.54, 1.807) is 0 Å². The first-order valence-corrected chi connectivity index (χ1v) is 7.92. The molecule has 0 saturated heterocycles. The van der Waals surface area contributed by atoms with Gasteiger partial charge in [0.25, 0.3) is 0 Å². The lowest BCUT2D eigenvalue weighted by molar-refractivity contribution is 0.367. The first-order valence-electron chi connectivity index (χ1n) is 7.92. The summed E-state index contributed by atoms with van der Waals surface area (Å²) < 4.78 is 0. The maximum atomic E-state index is 2.34.